The Bertz CT molecular complexity index is 484. The molecule has 2 amide bonds. The minimum atomic E-state index is -0.387. The van der Waals surface area contributed by atoms with E-state index < -0.39 is 0 Å². The number of hydrogen-bond acceptors (Lipinski definition) is 3. The Morgan fingerprint density at radius 3 is 2.74 bits per heavy atom. The Morgan fingerprint density at radius 2 is 2.11 bits per heavy atom. The average Bonchev–Trinajstić information content (AvgIpc) is 2.86. The van der Waals surface area contributed by atoms with Crippen molar-refractivity contribution in [2.75, 3.05) is 0 Å². The van der Waals surface area contributed by atoms with Crippen LogP contribution in [0.5, 0.6) is 0 Å². The molecule has 0 aromatic carbocycles. The third kappa shape index (κ3) is 2.66. The number of piperazine rings is 1. The molecule has 2 atom stereocenters. The van der Waals surface area contributed by atoms with Crippen molar-refractivity contribution in [2.24, 2.45) is 0 Å². The van der Waals surface area contributed by atoms with Gasteiger partial charge >= 0.3 is 0 Å². The number of nitrogens with one attached hydrogen (secondary N) is 1. The lowest BCUT2D eigenvalue weighted by Crippen LogP contribution is -2.61. The molecule has 1 saturated heterocycles. The predicted octanol–water partition coefficient (Wildman–Crippen LogP) is 1.94. The van der Waals surface area contributed by atoms with Crippen LogP contribution in [0.4, 0.5) is 0 Å². The molecule has 1 aromatic heterocycles. The topological polar surface area (TPSA) is 49.4 Å². The lowest BCUT2D eigenvalue weighted by Gasteiger charge is -2.37. The first-order valence-electron chi connectivity index (χ1n) is 6.74. The van der Waals surface area contributed by atoms with Crippen molar-refractivity contribution in [3.05, 3.63) is 21.9 Å². The first-order chi connectivity index (χ1) is 9.08. The van der Waals surface area contributed by atoms with Gasteiger partial charge in [0.2, 0.25) is 11.8 Å². The molecule has 0 aliphatic carbocycles. The summed E-state index contributed by atoms with van der Waals surface area (Å²) in [7, 11) is 0. The van der Waals surface area contributed by atoms with E-state index in [0.717, 1.165) is 6.42 Å². The van der Waals surface area contributed by atoms with Gasteiger partial charge in [-0.05, 0) is 36.8 Å². The second-order valence-corrected chi connectivity index (χ2v) is 5.83. The highest BCUT2D eigenvalue weighted by molar-refractivity contribution is 7.10. The third-order valence-corrected chi connectivity index (χ3v) is 4.63. The van der Waals surface area contributed by atoms with Crippen molar-refractivity contribution in [1.82, 2.24) is 10.2 Å². The summed E-state index contributed by atoms with van der Waals surface area (Å²) in [6, 6.07) is 1.34. The van der Waals surface area contributed by atoms with E-state index in [1.807, 2.05) is 12.3 Å². The second-order valence-electron chi connectivity index (χ2n) is 4.83. The minimum Gasteiger partial charge on any atom is -0.343 e. The number of hydrogen-bond donors (Lipinski definition) is 1. The molecule has 0 radical (unpaired) electrons. The molecule has 0 bridgehead atoms. The van der Waals surface area contributed by atoms with E-state index in [-0.39, 0.29) is 23.9 Å². The van der Waals surface area contributed by atoms with Crippen LogP contribution < -0.4 is 5.32 Å². The van der Waals surface area contributed by atoms with Crippen LogP contribution in [-0.2, 0) is 22.6 Å². The number of carbonyl (C=O) groups excluding carboxylic acids is 2. The average molecular weight is 280 g/mol. The van der Waals surface area contributed by atoms with Gasteiger partial charge in [-0.1, -0.05) is 13.8 Å². The van der Waals surface area contributed by atoms with Crippen LogP contribution in [0.25, 0.3) is 0 Å². The number of aryl methyl sites for hydroxylation is 1. The van der Waals surface area contributed by atoms with Gasteiger partial charge in [-0.3, -0.25) is 9.59 Å². The number of rotatable bonds is 4. The van der Waals surface area contributed by atoms with Gasteiger partial charge in [-0.25, -0.2) is 0 Å². The highest BCUT2D eigenvalue weighted by Gasteiger charge is 2.37. The lowest BCUT2D eigenvalue weighted by molar-refractivity contribution is -0.149. The molecule has 1 N–H and O–H groups in total. The van der Waals surface area contributed by atoms with Crippen molar-refractivity contribution in [3.8, 4) is 0 Å². The molecular formula is C14H20N2O2S. The lowest BCUT2D eigenvalue weighted by atomic mass is 10.1. The van der Waals surface area contributed by atoms with Crippen LogP contribution in [-0.4, -0.2) is 28.8 Å². The van der Waals surface area contributed by atoms with Crippen molar-refractivity contribution >= 4 is 23.2 Å². The Labute approximate surface area is 117 Å². The van der Waals surface area contributed by atoms with Gasteiger partial charge in [-0.2, -0.15) is 0 Å². The molecule has 2 heterocycles. The summed E-state index contributed by atoms with van der Waals surface area (Å²) in [4.78, 5) is 27.1. The van der Waals surface area contributed by atoms with E-state index in [0.29, 0.717) is 13.0 Å². The summed E-state index contributed by atoms with van der Waals surface area (Å²) in [6.45, 7) is 6.36. The van der Waals surface area contributed by atoms with Crippen LogP contribution in [0.3, 0.4) is 0 Å². The fraction of sp³-hybridized carbons (Fsp3) is 0.571. The maximum absolute atomic E-state index is 12.4. The molecule has 4 nitrogen and oxygen atoms in total. The molecular weight excluding hydrogens is 260 g/mol. The summed E-state index contributed by atoms with van der Waals surface area (Å²) >= 11 is 1.66. The van der Waals surface area contributed by atoms with Crippen LogP contribution in [0.15, 0.2) is 11.4 Å². The van der Waals surface area contributed by atoms with Gasteiger partial charge in [0.25, 0.3) is 0 Å². The van der Waals surface area contributed by atoms with Gasteiger partial charge < -0.3 is 10.2 Å². The summed E-state index contributed by atoms with van der Waals surface area (Å²) in [5, 5.41) is 4.82. The minimum absolute atomic E-state index is 0.0325. The monoisotopic (exact) mass is 280 g/mol. The summed E-state index contributed by atoms with van der Waals surface area (Å²) in [5.41, 5.74) is 1.27. The zero-order valence-corrected chi connectivity index (χ0v) is 12.4. The van der Waals surface area contributed by atoms with Gasteiger partial charge in [0.1, 0.15) is 12.1 Å². The van der Waals surface area contributed by atoms with Crippen molar-refractivity contribution in [1.29, 1.82) is 0 Å². The van der Waals surface area contributed by atoms with E-state index in [1.54, 1.807) is 23.2 Å². The van der Waals surface area contributed by atoms with E-state index >= 15 is 0 Å². The molecule has 0 saturated carbocycles. The molecule has 104 valence electrons. The molecule has 1 aliphatic heterocycles. The zero-order valence-electron chi connectivity index (χ0n) is 11.6. The third-order valence-electron chi connectivity index (χ3n) is 3.69. The van der Waals surface area contributed by atoms with Crippen LogP contribution in [0.1, 0.15) is 37.6 Å². The molecule has 0 spiro atoms. The van der Waals surface area contributed by atoms with E-state index in [9.17, 15) is 9.59 Å². The molecule has 2 unspecified atom stereocenters. The summed E-state index contributed by atoms with van der Waals surface area (Å²) in [5.74, 6) is -0.0221. The zero-order chi connectivity index (χ0) is 14.0. The van der Waals surface area contributed by atoms with Crippen molar-refractivity contribution < 1.29 is 9.59 Å². The fourth-order valence-corrected chi connectivity index (χ4v) is 3.33. The number of amides is 2. The van der Waals surface area contributed by atoms with Crippen LogP contribution >= 0.6 is 11.3 Å². The number of carbonyl (C=O) groups is 2. The highest BCUT2D eigenvalue weighted by atomic mass is 32.1. The van der Waals surface area contributed by atoms with Gasteiger partial charge in [-0.15, -0.1) is 11.3 Å². The predicted molar refractivity (Wildman–Crippen MR) is 75.9 cm³/mol. The maximum atomic E-state index is 12.4. The number of nitrogens with zero attached hydrogens (tertiary/aromatic N) is 1. The first kappa shape index (κ1) is 14.1. The van der Waals surface area contributed by atoms with Crippen LogP contribution in [0, 0.1) is 0 Å². The fourth-order valence-electron chi connectivity index (χ4n) is 2.35. The quantitative estimate of drug-likeness (QED) is 0.916. The van der Waals surface area contributed by atoms with E-state index in [4.69, 9.17) is 0 Å². The van der Waals surface area contributed by atoms with E-state index in [1.165, 1.54) is 10.4 Å². The molecule has 1 aromatic rings. The maximum Gasteiger partial charge on any atom is 0.246 e. The van der Waals surface area contributed by atoms with Gasteiger partial charge in [0.15, 0.2) is 0 Å². The van der Waals surface area contributed by atoms with Crippen LogP contribution in [0.2, 0.25) is 0 Å². The standard InChI is InChI=1S/C14H20N2O2S/c1-4-10-6-7-19-12(10)8-16-9(3)13(17)15-11(5-2)14(16)18/h6-7,9,11H,4-5,8H2,1-3H3,(H,15,17). The number of thiophene rings is 1. The normalized spacial score (nSPS) is 23.6. The molecule has 19 heavy (non-hydrogen) atoms. The largest absolute Gasteiger partial charge is 0.343 e. The van der Waals surface area contributed by atoms with Crippen molar-refractivity contribution in [3.63, 3.8) is 0 Å². The highest BCUT2D eigenvalue weighted by Crippen LogP contribution is 2.23. The Morgan fingerprint density at radius 1 is 1.37 bits per heavy atom. The Balaban J connectivity index is 2.21. The smallest absolute Gasteiger partial charge is 0.246 e. The molecule has 1 fully saturated rings. The van der Waals surface area contributed by atoms with Gasteiger partial charge in [0, 0.05) is 4.88 Å². The summed E-state index contributed by atoms with van der Waals surface area (Å²) < 4.78 is 0. The molecule has 1 aliphatic rings. The van der Waals surface area contributed by atoms with Crippen molar-refractivity contribution in [2.45, 2.75) is 52.2 Å². The SMILES string of the molecule is CCc1ccsc1CN1C(=O)C(CC)NC(=O)C1C. The van der Waals surface area contributed by atoms with Gasteiger partial charge in [0.05, 0.1) is 6.54 Å². The van der Waals surface area contributed by atoms with E-state index in [2.05, 4.69) is 18.3 Å². The second kappa shape index (κ2) is 5.74. The molecule has 5 heteroatoms. The first-order valence-corrected chi connectivity index (χ1v) is 7.62. The summed E-state index contributed by atoms with van der Waals surface area (Å²) in [6.07, 6.45) is 1.59. The molecule has 2 rings (SSSR count). The Kier molecular flexibility index (Phi) is 4.24. The Hall–Kier alpha value is -1.36.